The van der Waals surface area contributed by atoms with E-state index in [2.05, 4.69) is 4.90 Å². The van der Waals surface area contributed by atoms with E-state index in [-0.39, 0.29) is 11.9 Å². The second-order valence-electron chi connectivity index (χ2n) is 5.48. The zero-order valence-corrected chi connectivity index (χ0v) is 13.4. The van der Waals surface area contributed by atoms with Crippen molar-refractivity contribution in [2.45, 2.75) is 18.9 Å². The Labute approximate surface area is 132 Å². The van der Waals surface area contributed by atoms with Gasteiger partial charge in [-0.1, -0.05) is 23.7 Å². The maximum Gasteiger partial charge on any atom is 0.244 e. The summed E-state index contributed by atoms with van der Waals surface area (Å²) in [6.07, 6.45) is 1.85. The van der Waals surface area contributed by atoms with Gasteiger partial charge in [0.05, 0.1) is 16.8 Å². The quantitative estimate of drug-likeness (QED) is 0.833. The van der Waals surface area contributed by atoms with E-state index in [1.807, 2.05) is 29.2 Å². The minimum absolute atomic E-state index is 0.0904. The predicted molar refractivity (Wildman–Crippen MR) is 86.3 cm³/mol. The molecule has 2 fully saturated rings. The molecular formula is C15H19ClN2O2S. The highest BCUT2D eigenvalue weighted by Gasteiger charge is 2.35. The van der Waals surface area contributed by atoms with Crippen molar-refractivity contribution in [1.29, 1.82) is 0 Å². The van der Waals surface area contributed by atoms with Crippen molar-refractivity contribution in [1.82, 2.24) is 4.90 Å². The van der Waals surface area contributed by atoms with Crippen LogP contribution in [0.1, 0.15) is 12.8 Å². The second-order valence-corrected chi connectivity index (χ2v) is 7.59. The summed E-state index contributed by atoms with van der Waals surface area (Å²) < 4.78 is 11.5. The van der Waals surface area contributed by atoms with Crippen molar-refractivity contribution in [3.8, 4) is 0 Å². The first-order valence-corrected chi connectivity index (χ1v) is 9.18. The minimum atomic E-state index is -0.713. The normalized spacial score (nSPS) is 25.3. The van der Waals surface area contributed by atoms with Crippen LogP contribution in [0.2, 0.25) is 5.02 Å². The van der Waals surface area contributed by atoms with Gasteiger partial charge in [-0.15, -0.1) is 0 Å². The fourth-order valence-electron chi connectivity index (χ4n) is 3.07. The zero-order chi connectivity index (χ0) is 14.8. The topological polar surface area (TPSA) is 40.6 Å². The molecule has 114 valence electrons. The molecule has 0 aliphatic carbocycles. The number of carbonyl (C=O) groups excluding carboxylic acids is 1. The van der Waals surface area contributed by atoms with Crippen molar-refractivity contribution in [2.75, 3.05) is 36.0 Å². The highest BCUT2D eigenvalue weighted by molar-refractivity contribution is 7.85. The second kappa shape index (κ2) is 6.46. The van der Waals surface area contributed by atoms with E-state index in [9.17, 15) is 9.00 Å². The SMILES string of the molecule is O=C1[C@@H](N2CCS(=O)CC2)CCCN1c1ccccc1Cl. The smallest absolute Gasteiger partial charge is 0.244 e. The van der Waals surface area contributed by atoms with Gasteiger partial charge in [0.15, 0.2) is 0 Å². The van der Waals surface area contributed by atoms with Gasteiger partial charge in [-0.05, 0) is 25.0 Å². The van der Waals surface area contributed by atoms with E-state index in [0.717, 1.165) is 38.2 Å². The molecular weight excluding hydrogens is 308 g/mol. The third-order valence-corrected chi connectivity index (χ3v) is 5.80. The lowest BCUT2D eigenvalue weighted by Gasteiger charge is -2.40. The molecule has 2 heterocycles. The van der Waals surface area contributed by atoms with Crippen LogP contribution in [0.15, 0.2) is 24.3 Å². The minimum Gasteiger partial charge on any atom is -0.310 e. The Balaban J connectivity index is 1.78. The molecule has 0 saturated carbocycles. The molecule has 0 spiro atoms. The standard InChI is InChI=1S/C15H19ClN2O2S/c16-12-4-1-2-5-13(12)18-7-3-6-14(15(18)19)17-8-10-21(20)11-9-17/h1-2,4-5,14H,3,6-11H2/t14-/m0/s1. The molecule has 6 heteroatoms. The van der Waals surface area contributed by atoms with Crippen molar-refractivity contribution in [3.63, 3.8) is 0 Å². The van der Waals surface area contributed by atoms with E-state index in [0.29, 0.717) is 16.5 Å². The number of halogens is 1. The fourth-order valence-corrected chi connectivity index (χ4v) is 4.39. The van der Waals surface area contributed by atoms with E-state index in [1.165, 1.54) is 0 Å². The molecule has 1 amide bonds. The Morgan fingerprint density at radius 2 is 1.86 bits per heavy atom. The van der Waals surface area contributed by atoms with Gasteiger partial charge >= 0.3 is 0 Å². The third-order valence-electron chi connectivity index (χ3n) is 4.21. The maximum atomic E-state index is 12.8. The van der Waals surface area contributed by atoms with Crippen LogP contribution in [0.3, 0.4) is 0 Å². The lowest BCUT2D eigenvalue weighted by atomic mass is 10.0. The summed E-state index contributed by atoms with van der Waals surface area (Å²) in [6.45, 7) is 2.22. The summed E-state index contributed by atoms with van der Waals surface area (Å²) in [7, 11) is -0.713. The zero-order valence-electron chi connectivity index (χ0n) is 11.8. The van der Waals surface area contributed by atoms with Gasteiger partial charge in [-0.3, -0.25) is 13.9 Å². The molecule has 21 heavy (non-hydrogen) atoms. The van der Waals surface area contributed by atoms with Gasteiger partial charge in [-0.25, -0.2) is 0 Å². The first-order valence-electron chi connectivity index (χ1n) is 7.32. The number of amides is 1. The molecule has 0 radical (unpaired) electrons. The Bertz CT molecular complexity index is 556. The van der Waals surface area contributed by atoms with Crippen LogP contribution in [0, 0.1) is 0 Å². The largest absolute Gasteiger partial charge is 0.310 e. The summed E-state index contributed by atoms with van der Waals surface area (Å²) in [5.74, 6) is 1.48. The Morgan fingerprint density at radius 1 is 1.14 bits per heavy atom. The predicted octanol–water partition coefficient (Wildman–Crippen LogP) is 1.90. The first-order chi connectivity index (χ1) is 10.2. The van der Waals surface area contributed by atoms with Gasteiger partial charge < -0.3 is 4.90 Å². The van der Waals surface area contributed by atoms with E-state index in [1.54, 1.807) is 0 Å². The summed E-state index contributed by atoms with van der Waals surface area (Å²) >= 11 is 6.23. The monoisotopic (exact) mass is 326 g/mol. The van der Waals surface area contributed by atoms with Crippen molar-refractivity contribution < 1.29 is 9.00 Å². The fraction of sp³-hybridized carbons (Fsp3) is 0.533. The van der Waals surface area contributed by atoms with Crippen molar-refractivity contribution in [3.05, 3.63) is 29.3 Å². The molecule has 0 unspecified atom stereocenters. The number of para-hydroxylation sites is 1. The average molecular weight is 327 g/mol. The molecule has 4 nitrogen and oxygen atoms in total. The van der Waals surface area contributed by atoms with Crippen LogP contribution in [0.25, 0.3) is 0 Å². The average Bonchev–Trinajstić information content (AvgIpc) is 2.50. The number of hydrogen-bond acceptors (Lipinski definition) is 3. The van der Waals surface area contributed by atoms with Crippen LogP contribution in [-0.2, 0) is 15.6 Å². The van der Waals surface area contributed by atoms with Crippen LogP contribution in [0.4, 0.5) is 5.69 Å². The van der Waals surface area contributed by atoms with Gasteiger partial charge in [0.2, 0.25) is 5.91 Å². The lowest BCUT2D eigenvalue weighted by molar-refractivity contribution is -0.125. The number of benzene rings is 1. The number of hydrogen-bond donors (Lipinski definition) is 0. The van der Waals surface area contributed by atoms with Gasteiger partial charge in [0.1, 0.15) is 0 Å². The Kier molecular flexibility index (Phi) is 4.62. The molecule has 1 aromatic rings. The molecule has 2 aliphatic heterocycles. The Morgan fingerprint density at radius 3 is 2.57 bits per heavy atom. The molecule has 3 rings (SSSR count). The molecule has 0 bridgehead atoms. The van der Waals surface area contributed by atoms with Crippen molar-refractivity contribution in [2.24, 2.45) is 0 Å². The number of nitrogens with zero attached hydrogens (tertiary/aromatic N) is 2. The summed E-state index contributed by atoms with van der Waals surface area (Å²) in [6, 6.07) is 7.40. The van der Waals surface area contributed by atoms with E-state index in [4.69, 9.17) is 11.6 Å². The third kappa shape index (κ3) is 3.15. The van der Waals surface area contributed by atoms with Crippen LogP contribution >= 0.6 is 11.6 Å². The highest BCUT2D eigenvalue weighted by Crippen LogP contribution is 2.30. The number of anilines is 1. The molecule has 0 N–H and O–H groups in total. The summed E-state index contributed by atoms with van der Waals surface area (Å²) in [4.78, 5) is 16.8. The van der Waals surface area contributed by atoms with Gasteiger partial charge in [0.25, 0.3) is 0 Å². The molecule has 1 aromatic carbocycles. The summed E-state index contributed by atoms with van der Waals surface area (Å²) in [5.41, 5.74) is 0.800. The van der Waals surface area contributed by atoms with Gasteiger partial charge in [0, 0.05) is 41.9 Å². The number of carbonyl (C=O) groups is 1. The van der Waals surface area contributed by atoms with Crippen molar-refractivity contribution >= 4 is 34.0 Å². The number of piperidine rings is 1. The lowest BCUT2D eigenvalue weighted by Crippen LogP contribution is -2.55. The summed E-state index contributed by atoms with van der Waals surface area (Å²) in [5, 5.41) is 0.617. The maximum absolute atomic E-state index is 12.8. The first kappa shape index (κ1) is 15.0. The van der Waals surface area contributed by atoms with Crippen LogP contribution < -0.4 is 4.90 Å². The molecule has 2 saturated heterocycles. The molecule has 2 aliphatic rings. The van der Waals surface area contributed by atoms with E-state index < -0.39 is 10.8 Å². The van der Waals surface area contributed by atoms with Crippen LogP contribution in [0.5, 0.6) is 0 Å². The van der Waals surface area contributed by atoms with Gasteiger partial charge in [-0.2, -0.15) is 0 Å². The van der Waals surface area contributed by atoms with E-state index >= 15 is 0 Å². The highest BCUT2D eigenvalue weighted by atomic mass is 35.5. The number of rotatable bonds is 2. The Hall–Kier alpha value is -0.910. The molecule has 0 aromatic heterocycles. The van der Waals surface area contributed by atoms with Crippen LogP contribution in [-0.4, -0.2) is 52.2 Å². The molecule has 1 atom stereocenters.